The van der Waals surface area contributed by atoms with E-state index < -0.39 is 0 Å². The first-order chi connectivity index (χ1) is 11.6. The van der Waals surface area contributed by atoms with E-state index in [1.165, 1.54) is 6.92 Å². The van der Waals surface area contributed by atoms with Crippen molar-refractivity contribution < 1.29 is 14.3 Å². The number of hydrogen-bond acceptors (Lipinski definition) is 4. The van der Waals surface area contributed by atoms with Gasteiger partial charge in [0.2, 0.25) is 11.8 Å². The normalized spacial score (nSPS) is 9.92. The average molecular weight is 327 g/mol. The molecule has 6 nitrogen and oxygen atoms in total. The molecule has 0 aromatic heterocycles. The molecule has 126 valence electrons. The Kier molecular flexibility index (Phi) is 6.19. The Morgan fingerprint density at radius 3 is 2.50 bits per heavy atom. The van der Waals surface area contributed by atoms with Gasteiger partial charge in [0.25, 0.3) is 0 Å². The number of carbonyl (C=O) groups is 2. The summed E-state index contributed by atoms with van der Waals surface area (Å²) in [5.41, 5.74) is 2.06. The standard InChI is InChI=1S/C18H21N3O3/c1-3-24-17-10-5-4-9-16(17)21-18(23)12-19-14-7-6-8-15(11-14)20-13(2)22/h4-11,19H,3,12H2,1-2H3,(H,20,22)(H,21,23). The van der Waals surface area contributed by atoms with Crippen LogP contribution in [0.2, 0.25) is 0 Å². The largest absolute Gasteiger partial charge is 0.492 e. The van der Waals surface area contributed by atoms with Crippen molar-refractivity contribution in [1.29, 1.82) is 0 Å². The smallest absolute Gasteiger partial charge is 0.243 e. The van der Waals surface area contributed by atoms with Crippen LogP contribution >= 0.6 is 0 Å². The molecule has 2 amide bonds. The third-order valence-corrected chi connectivity index (χ3v) is 3.10. The van der Waals surface area contributed by atoms with Crippen molar-refractivity contribution in [2.75, 3.05) is 29.1 Å². The van der Waals surface area contributed by atoms with Gasteiger partial charge < -0.3 is 20.7 Å². The number of rotatable bonds is 7. The monoisotopic (exact) mass is 327 g/mol. The molecule has 0 spiro atoms. The summed E-state index contributed by atoms with van der Waals surface area (Å²) in [5.74, 6) is 0.311. The molecule has 0 unspecified atom stereocenters. The number of carbonyl (C=O) groups excluding carboxylic acids is 2. The highest BCUT2D eigenvalue weighted by atomic mass is 16.5. The third kappa shape index (κ3) is 5.31. The van der Waals surface area contributed by atoms with E-state index in [0.717, 1.165) is 5.69 Å². The third-order valence-electron chi connectivity index (χ3n) is 3.10. The Labute approximate surface area is 141 Å². The zero-order valence-corrected chi connectivity index (χ0v) is 13.8. The molecule has 0 radical (unpaired) electrons. The summed E-state index contributed by atoms with van der Waals surface area (Å²) in [4.78, 5) is 23.2. The molecule has 0 saturated carbocycles. The zero-order chi connectivity index (χ0) is 17.4. The van der Waals surface area contributed by atoms with Crippen LogP contribution in [0, 0.1) is 0 Å². The van der Waals surface area contributed by atoms with Crippen LogP contribution in [0.3, 0.4) is 0 Å². The first-order valence-corrected chi connectivity index (χ1v) is 7.71. The molecule has 3 N–H and O–H groups in total. The predicted molar refractivity (Wildman–Crippen MR) is 95.5 cm³/mol. The molecule has 0 aliphatic carbocycles. The predicted octanol–water partition coefficient (Wildman–Crippen LogP) is 3.09. The van der Waals surface area contributed by atoms with E-state index >= 15 is 0 Å². The van der Waals surface area contributed by atoms with Crippen molar-refractivity contribution >= 4 is 28.9 Å². The van der Waals surface area contributed by atoms with Crippen molar-refractivity contribution in [1.82, 2.24) is 0 Å². The summed E-state index contributed by atoms with van der Waals surface area (Å²) >= 11 is 0. The average Bonchev–Trinajstić information content (AvgIpc) is 2.55. The van der Waals surface area contributed by atoms with Crippen LogP contribution in [0.1, 0.15) is 13.8 Å². The van der Waals surface area contributed by atoms with E-state index in [9.17, 15) is 9.59 Å². The number of nitrogens with one attached hydrogen (secondary N) is 3. The number of amides is 2. The maximum atomic E-state index is 12.1. The van der Waals surface area contributed by atoms with E-state index in [1.807, 2.05) is 31.2 Å². The molecule has 24 heavy (non-hydrogen) atoms. The lowest BCUT2D eigenvalue weighted by Crippen LogP contribution is -2.22. The van der Waals surface area contributed by atoms with Gasteiger partial charge in [-0.25, -0.2) is 0 Å². The second-order valence-corrected chi connectivity index (χ2v) is 5.09. The van der Waals surface area contributed by atoms with Gasteiger partial charge in [-0.05, 0) is 37.3 Å². The van der Waals surface area contributed by atoms with Crippen LogP contribution in [0.4, 0.5) is 17.1 Å². The lowest BCUT2D eigenvalue weighted by atomic mass is 10.2. The molecule has 0 saturated heterocycles. The number of ether oxygens (including phenoxy) is 1. The molecule has 0 aliphatic heterocycles. The Morgan fingerprint density at radius 1 is 1.00 bits per heavy atom. The van der Waals surface area contributed by atoms with Gasteiger partial charge in [0.1, 0.15) is 5.75 Å². The molecule has 6 heteroatoms. The van der Waals surface area contributed by atoms with Crippen LogP contribution in [-0.4, -0.2) is 25.0 Å². The van der Waals surface area contributed by atoms with Gasteiger partial charge in [-0.15, -0.1) is 0 Å². The van der Waals surface area contributed by atoms with E-state index in [-0.39, 0.29) is 18.4 Å². The number of para-hydroxylation sites is 2. The molecule has 2 aromatic rings. The van der Waals surface area contributed by atoms with E-state index in [4.69, 9.17) is 4.74 Å². The van der Waals surface area contributed by atoms with Crippen LogP contribution in [0.25, 0.3) is 0 Å². The van der Waals surface area contributed by atoms with E-state index in [2.05, 4.69) is 16.0 Å². The second-order valence-electron chi connectivity index (χ2n) is 5.09. The van der Waals surface area contributed by atoms with Crippen molar-refractivity contribution in [3.05, 3.63) is 48.5 Å². The van der Waals surface area contributed by atoms with Crippen molar-refractivity contribution in [2.45, 2.75) is 13.8 Å². The van der Waals surface area contributed by atoms with Gasteiger partial charge in [0.05, 0.1) is 18.8 Å². The fraction of sp³-hybridized carbons (Fsp3) is 0.222. The maximum absolute atomic E-state index is 12.1. The topological polar surface area (TPSA) is 79.5 Å². The highest BCUT2D eigenvalue weighted by Crippen LogP contribution is 2.23. The summed E-state index contributed by atoms with van der Waals surface area (Å²) < 4.78 is 5.48. The van der Waals surface area contributed by atoms with Gasteiger partial charge in [-0.2, -0.15) is 0 Å². The van der Waals surface area contributed by atoms with Crippen LogP contribution in [0.15, 0.2) is 48.5 Å². The molecular formula is C18H21N3O3. The number of benzene rings is 2. The lowest BCUT2D eigenvalue weighted by molar-refractivity contribution is -0.115. The van der Waals surface area contributed by atoms with Crippen molar-refractivity contribution in [3.8, 4) is 5.75 Å². The molecule has 0 bridgehead atoms. The molecule has 2 aromatic carbocycles. The molecule has 0 fully saturated rings. The van der Waals surface area contributed by atoms with Gasteiger partial charge in [-0.1, -0.05) is 18.2 Å². The second kappa shape index (κ2) is 8.57. The fourth-order valence-corrected chi connectivity index (χ4v) is 2.14. The maximum Gasteiger partial charge on any atom is 0.243 e. The molecular weight excluding hydrogens is 306 g/mol. The van der Waals surface area contributed by atoms with Gasteiger partial charge in [-0.3, -0.25) is 9.59 Å². The minimum atomic E-state index is -0.188. The van der Waals surface area contributed by atoms with Gasteiger partial charge in [0.15, 0.2) is 0 Å². The van der Waals surface area contributed by atoms with Gasteiger partial charge in [0, 0.05) is 18.3 Å². The fourth-order valence-electron chi connectivity index (χ4n) is 2.14. The summed E-state index contributed by atoms with van der Waals surface area (Å²) in [6, 6.07) is 14.5. The first-order valence-electron chi connectivity index (χ1n) is 7.71. The van der Waals surface area contributed by atoms with Crippen molar-refractivity contribution in [2.24, 2.45) is 0 Å². The summed E-state index contributed by atoms with van der Waals surface area (Å²) in [6.07, 6.45) is 0. The van der Waals surface area contributed by atoms with E-state index in [0.29, 0.717) is 23.7 Å². The Morgan fingerprint density at radius 2 is 1.75 bits per heavy atom. The Balaban J connectivity index is 1.93. The van der Waals surface area contributed by atoms with Crippen LogP contribution in [0.5, 0.6) is 5.75 Å². The lowest BCUT2D eigenvalue weighted by Gasteiger charge is -2.12. The number of hydrogen-bond donors (Lipinski definition) is 3. The SMILES string of the molecule is CCOc1ccccc1NC(=O)CNc1cccc(NC(C)=O)c1. The Hall–Kier alpha value is -3.02. The minimum Gasteiger partial charge on any atom is -0.492 e. The minimum absolute atomic E-state index is 0.101. The highest BCUT2D eigenvalue weighted by molar-refractivity contribution is 5.95. The molecule has 2 rings (SSSR count). The van der Waals surface area contributed by atoms with E-state index in [1.54, 1.807) is 24.3 Å². The molecule has 0 atom stereocenters. The van der Waals surface area contributed by atoms with Crippen LogP contribution in [-0.2, 0) is 9.59 Å². The summed E-state index contributed by atoms with van der Waals surface area (Å²) in [5, 5.41) is 8.54. The molecule has 0 heterocycles. The highest BCUT2D eigenvalue weighted by Gasteiger charge is 2.07. The first kappa shape index (κ1) is 17.3. The van der Waals surface area contributed by atoms with Crippen LogP contribution < -0.4 is 20.7 Å². The number of anilines is 3. The zero-order valence-electron chi connectivity index (χ0n) is 13.8. The van der Waals surface area contributed by atoms with Gasteiger partial charge >= 0.3 is 0 Å². The Bertz CT molecular complexity index is 716. The molecule has 0 aliphatic rings. The summed E-state index contributed by atoms with van der Waals surface area (Å²) in [6.45, 7) is 3.97. The quantitative estimate of drug-likeness (QED) is 0.730. The van der Waals surface area contributed by atoms with Crippen molar-refractivity contribution in [3.63, 3.8) is 0 Å². The summed E-state index contributed by atoms with van der Waals surface area (Å²) in [7, 11) is 0.